The van der Waals surface area contributed by atoms with Crippen LogP contribution >= 0.6 is 0 Å². The fourth-order valence-electron chi connectivity index (χ4n) is 1.71. The molecule has 1 aromatic heterocycles. The first-order chi connectivity index (χ1) is 9.14. The quantitative estimate of drug-likeness (QED) is 0.848. The lowest BCUT2D eigenvalue weighted by atomic mass is 10.1. The van der Waals surface area contributed by atoms with E-state index in [1.807, 2.05) is 6.92 Å². The first-order valence-electron chi connectivity index (χ1n) is 6.70. The van der Waals surface area contributed by atoms with Crippen LogP contribution in [0.3, 0.4) is 0 Å². The van der Waals surface area contributed by atoms with Gasteiger partial charge in [-0.15, -0.1) is 0 Å². The van der Waals surface area contributed by atoms with Crippen molar-refractivity contribution < 1.29 is 14.3 Å². The van der Waals surface area contributed by atoms with Crippen LogP contribution in [0, 0.1) is 0 Å². The normalized spacial score (nSPS) is 12.9. The average Bonchev–Trinajstić information content (AvgIpc) is 2.68. The van der Waals surface area contributed by atoms with Gasteiger partial charge in [-0.2, -0.15) is 5.10 Å². The number of hydrogen-bond acceptors (Lipinski definition) is 4. The molecule has 6 nitrogen and oxygen atoms in total. The number of rotatable bonds is 4. The van der Waals surface area contributed by atoms with Crippen molar-refractivity contribution >= 4 is 11.9 Å². The van der Waals surface area contributed by atoms with Gasteiger partial charge in [0, 0.05) is 13.2 Å². The van der Waals surface area contributed by atoms with Gasteiger partial charge in [0.25, 0.3) is 5.91 Å². The van der Waals surface area contributed by atoms with Crippen molar-refractivity contribution in [3.63, 3.8) is 0 Å². The maximum atomic E-state index is 12.1. The van der Waals surface area contributed by atoms with Crippen molar-refractivity contribution in [1.82, 2.24) is 15.1 Å². The molecule has 0 aliphatic heterocycles. The van der Waals surface area contributed by atoms with E-state index >= 15 is 0 Å². The largest absolute Gasteiger partial charge is 0.458 e. The summed E-state index contributed by atoms with van der Waals surface area (Å²) in [4.78, 5) is 24.0. The Hall–Kier alpha value is -1.85. The fraction of sp³-hybridized carbons (Fsp3) is 0.643. The number of hydrogen-bond donors (Lipinski definition) is 1. The predicted octanol–water partition coefficient (Wildman–Crippen LogP) is 1.44. The van der Waals surface area contributed by atoms with E-state index in [0.717, 1.165) is 0 Å². The maximum absolute atomic E-state index is 12.1. The molecule has 1 aromatic rings. The summed E-state index contributed by atoms with van der Waals surface area (Å²) in [5, 5.41) is 6.84. The van der Waals surface area contributed by atoms with Crippen LogP contribution in [-0.2, 0) is 23.0 Å². The van der Waals surface area contributed by atoms with Crippen LogP contribution in [0.1, 0.15) is 50.7 Å². The molecule has 6 heteroatoms. The summed E-state index contributed by atoms with van der Waals surface area (Å²) >= 11 is 0. The molecule has 1 atom stereocenters. The topological polar surface area (TPSA) is 73.2 Å². The Balaban J connectivity index is 2.72. The Labute approximate surface area is 119 Å². The Bertz CT molecular complexity index is 500. The SMILES string of the molecule is CCc1nn(C)cc1C(=O)N[C@@H](C)C(=O)OC(C)(C)C. The van der Waals surface area contributed by atoms with Gasteiger partial charge in [-0.05, 0) is 34.1 Å². The zero-order chi connectivity index (χ0) is 15.5. The number of aromatic nitrogens is 2. The molecule has 0 aromatic carbocycles. The second-order valence-electron chi connectivity index (χ2n) is 5.75. The number of aryl methyl sites for hydroxylation is 2. The van der Waals surface area contributed by atoms with Crippen molar-refractivity contribution in [3.8, 4) is 0 Å². The molecular weight excluding hydrogens is 258 g/mol. The average molecular weight is 281 g/mol. The third-order valence-corrected chi connectivity index (χ3v) is 2.59. The van der Waals surface area contributed by atoms with E-state index in [4.69, 9.17) is 4.74 Å². The molecule has 0 fully saturated rings. The van der Waals surface area contributed by atoms with Gasteiger partial charge in [0.1, 0.15) is 11.6 Å². The molecule has 0 saturated carbocycles. The van der Waals surface area contributed by atoms with Crippen LogP contribution in [0.25, 0.3) is 0 Å². The molecule has 1 N–H and O–H groups in total. The van der Waals surface area contributed by atoms with Gasteiger partial charge in [0.05, 0.1) is 11.3 Å². The van der Waals surface area contributed by atoms with Crippen molar-refractivity contribution in [1.29, 1.82) is 0 Å². The summed E-state index contributed by atoms with van der Waals surface area (Å²) < 4.78 is 6.81. The molecule has 1 heterocycles. The standard InChI is InChI=1S/C14H23N3O3/c1-7-11-10(8-17(6)16-11)12(18)15-9(2)13(19)20-14(3,4)5/h8-9H,7H2,1-6H3,(H,15,18)/t9-/m0/s1. The van der Waals surface area contributed by atoms with E-state index in [2.05, 4.69) is 10.4 Å². The smallest absolute Gasteiger partial charge is 0.328 e. The number of ether oxygens (including phenoxy) is 1. The van der Waals surface area contributed by atoms with Gasteiger partial charge in [-0.1, -0.05) is 6.92 Å². The third kappa shape index (κ3) is 4.36. The second kappa shape index (κ2) is 6.07. The molecule has 0 saturated heterocycles. The van der Waals surface area contributed by atoms with Gasteiger partial charge in [-0.3, -0.25) is 9.48 Å². The highest BCUT2D eigenvalue weighted by Crippen LogP contribution is 2.10. The number of carbonyl (C=O) groups excluding carboxylic acids is 2. The highest BCUT2D eigenvalue weighted by molar-refractivity contribution is 5.97. The lowest BCUT2D eigenvalue weighted by molar-refractivity contribution is -0.156. The van der Waals surface area contributed by atoms with Crippen LogP contribution in [0.15, 0.2) is 6.20 Å². The highest BCUT2D eigenvalue weighted by atomic mass is 16.6. The summed E-state index contributed by atoms with van der Waals surface area (Å²) in [7, 11) is 1.76. The lowest BCUT2D eigenvalue weighted by Crippen LogP contribution is -2.42. The minimum atomic E-state index is -0.702. The lowest BCUT2D eigenvalue weighted by Gasteiger charge is -2.22. The second-order valence-corrected chi connectivity index (χ2v) is 5.75. The molecule has 0 aliphatic carbocycles. The van der Waals surface area contributed by atoms with Gasteiger partial charge in [-0.25, -0.2) is 4.79 Å². The van der Waals surface area contributed by atoms with Gasteiger partial charge in [0.15, 0.2) is 0 Å². The van der Waals surface area contributed by atoms with Crippen LogP contribution in [0.4, 0.5) is 0 Å². The molecule has 0 bridgehead atoms. The molecule has 0 unspecified atom stereocenters. The zero-order valence-electron chi connectivity index (χ0n) is 13.0. The molecule has 0 spiro atoms. The molecule has 1 amide bonds. The van der Waals surface area contributed by atoms with Crippen LogP contribution < -0.4 is 5.32 Å². The van der Waals surface area contributed by atoms with Crippen molar-refractivity contribution in [3.05, 3.63) is 17.5 Å². The van der Waals surface area contributed by atoms with Crippen molar-refractivity contribution in [2.24, 2.45) is 7.05 Å². The highest BCUT2D eigenvalue weighted by Gasteiger charge is 2.24. The summed E-state index contributed by atoms with van der Waals surface area (Å²) in [5.74, 6) is -0.763. The predicted molar refractivity (Wildman–Crippen MR) is 75.4 cm³/mol. The molecule has 20 heavy (non-hydrogen) atoms. The monoisotopic (exact) mass is 281 g/mol. The van der Waals surface area contributed by atoms with E-state index in [-0.39, 0.29) is 5.91 Å². The number of nitrogens with zero attached hydrogens (tertiary/aromatic N) is 2. The number of amides is 1. The molecule has 1 rings (SSSR count). The molecule has 0 radical (unpaired) electrons. The van der Waals surface area contributed by atoms with E-state index in [9.17, 15) is 9.59 Å². The Morgan fingerprint density at radius 3 is 2.55 bits per heavy atom. The number of nitrogens with one attached hydrogen (secondary N) is 1. The van der Waals surface area contributed by atoms with Crippen molar-refractivity contribution in [2.45, 2.75) is 52.7 Å². The van der Waals surface area contributed by atoms with Gasteiger partial charge in [0.2, 0.25) is 0 Å². The van der Waals surface area contributed by atoms with E-state index in [1.54, 1.807) is 45.6 Å². The first kappa shape index (κ1) is 16.2. The van der Waals surface area contributed by atoms with Crippen LogP contribution in [0.5, 0.6) is 0 Å². The minimum Gasteiger partial charge on any atom is -0.458 e. The Morgan fingerprint density at radius 2 is 2.05 bits per heavy atom. The summed E-state index contributed by atoms with van der Waals surface area (Å²) in [6, 6.07) is -0.702. The van der Waals surface area contributed by atoms with Crippen LogP contribution in [-0.4, -0.2) is 33.3 Å². The summed E-state index contributed by atoms with van der Waals surface area (Å²) in [6.45, 7) is 8.89. The maximum Gasteiger partial charge on any atom is 0.328 e. The Morgan fingerprint density at radius 1 is 1.45 bits per heavy atom. The summed E-state index contributed by atoms with van der Waals surface area (Å²) in [5.41, 5.74) is 0.630. The molecule has 0 aliphatic rings. The summed E-state index contributed by atoms with van der Waals surface area (Å²) in [6.07, 6.45) is 2.31. The fourth-order valence-corrected chi connectivity index (χ4v) is 1.71. The first-order valence-corrected chi connectivity index (χ1v) is 6.70. The molecule has 112 valence electrons. The van der Waals surface area contributed by atoms with Crippen molar-refractivity contribution in [2.75, 3.05) is 0 Å². The van der Waals surface area contributed by atoms with Gasteiger partial charge < -0.3 is 10.1 Å². The van der Waals surface area contributed by atoms with Crippen LogP contribution in [0.2, 0.25) is 0 Å². The van der Waals surface area contributed by atoms with E-state index < -0.39 is 17.6 Å². The van der Waals surface area contributed by atoms with E-state index in [1.165, 1.54) is 0 Å². The number of carbonyl (C=O) groups is 2. The third-order valence-electron chi connectivity index (χ3n) is 2.59. The van der Waals surface area contributed by atoms with Gasteiger partial charge >= 0.3 is 5.97 Å². The number of esters is 1. The zero-order valence-corrected chi connectivity index (χ0v) is 13.0. The minimum absolute atomic E-state index is 0.312. The van der Waals surface area contributed by atoms with E-state index in [0.29, 0.717) is 17.7 Å². The Kier molecular flexibility index (Phi) is 4.92. The molecular formula is C14H23N3O3.